The van der Waals surface area contributed by atoms with E-state index >= 15 is 0 Å². The summed E-state index contributed by atoms with van der Waals surface area (Å²) in [6.45, 7) is 12.7. The molecule has 0 radical (unpaired) electrons. The number of hydrogen-bond donors (Lipinski definition) is 1. The second kappa shape index (κ2) is 18.4. The maximum absolute atomic E-state index is 12.3. The van der Waals surface area contributed by atoms with Gasteiger partial charge >= 0.3 is 6.09 Å². The number of hydrogen-bond acceptors (Lipinski definition) is 6. The summed E-state index contributed by atoms with van der Waals surface area (Å²) in [5, 5.41) is 2.91. The number of likely N-dealkylation sites (tertiary alicyclic amines) is 2. The van der Waals surface area contributed by atoms with Gasteiger partial charge in [0.05, 0.1) is 5.69 Å². The van der Waals surface area contributed by atoms with Crippen molar-refractivity contribution in [2.45, 2.75) is 65.5 Å². The van der Waals surface area contributed by atoms with Gasteiger partial charge in [-0.2, -0.15) is 0 Å². The van der Waals surface area contributed by atoms with Crippen LogP contribution in [0.1, 0.15) is 68.8 Å². The lowest BCUT2D eigenvalue weighted by molar-refractivity contribution is -0.124. The predicted molar refractivity (Wildman–Crippen MR) is 189 cm³/mol. The fourth-order valence-corrected chi connectivity index (χ4v) is 6.17. The van der Waals surface area contributed by atoms with Gasteiger partial charge in [0.15, 0.2) is 0 Å². The minimum Gasteiger partial charge on any atom is -0.446 e. The van der Waals surface area contributed by atoms with Crippen molar-refractivity contribution < 1.29 is 19.1 Å². The van der Waals surface area contributed by atoms with Crippen molar-refractivity contribution in [1.29, 1.82) is 0 Å². The van der Waals surface area contributed by atoms with Gasteiger partial charge in [-0.05, 0) is 81.6 Å². The zero-order valence-electron chi connectivity index (χ0n) is 28.6. The number of ether oxygens (including phenoxy) is 1. The summed E-state index contributed by atoms with van der Waals surface area (Å²) in [6.07, 6.45) is 4.06. The zero-order chi connectivity index (χ0) is 33.6. The van der Waals surface area contributed by atoms with E-state index in [-0.39, 0.29) is 24.0 Å². The standard InChI is InChI=1S/C20H24N2O2.C19H28N2O2/c1-2-22-14-12-17(13-15-22)24-20(23)21-19-11-7-6-10-18(19)16-8-4-3-5-9-16;1-4-18(22)16-10-12-21(13-11-16)14-15-6-8-17(9-7-15)19(23)20(3)5-2/h3-11,17H,2,12-15H2,1H3,(H,21,23);6-9,16H,4-5,10-14H2,1-3H3. The van der Waals surface area contributed by atoms with Crippen LogP contribution in [0.25, 0.3) is 11.1 Å². The molecule has 0 aliphatic carbocycles. The molecular weight excluding hydrogens is 588 g/mol. The summed E-state index contributed by atoms with van der Waals surface area (Å²) in [6, 6.07) is 25.7. The molecule has 2 aliphatic rings. The van der Waals surface area contributed by atoms with Crippen molar-refractivity contribution in [2.24, 2.45) is 5.92 Å². The first-order valence-corrected chi connectivity index (χ1v) is 17.2. The van der Waals surface area contributed by atoms with Crippen LogP contribution in [0.3, 0.4) is 0 Å². The molecule has 3 aromatic rings. The number of benzene rings is 3. The molecular formula is C39H52N4O4. The highest BCUT2D eigenvalue weighted by Crippen LogP contribution is 2.28. The molecule has 0 aromatic heterocycles. The van der Waals surface area contributed by atoms with Crippen LogP contribution >= 0.6 is 0 Å². The summed E-state index contributed by atoms with van der Waals surface area (Å²) >= 11 is 0. The monoisotopic (exact) mass is 640 g/mol. The molecule has 1 N–H and O–H groups in total. The number of piperidine rings is 2. The Kier molecular flexibility index (Phi) is 14.0. The molecule has 252 valence electrons. The molecule has 0 atom stereocenters. The summed E-state index contributed by atoms with van der Waals surface area (Å²) in [4.78, 5) is 42.6. The largest absolute Gasteiger partial charge is 0.446 e. The molecule has 0 saturated carbocycles. The third-order valence-corrected chi connectivity index (χ3v) is 9.32. The van der Waals surface area contributed by atoms with Crippen LogP contribution < -0.4 is 5.32 Å². The molecule has 2 fully saturated rings. The second-order valence-corrected chi connectivity index (χ2v) is 12.5. The van der Waals surface area contributed by atoms with Gasteiger partial charge in [-0.1, -0.05) is 74.5 Å². The van der Waals surface area contributed by atoms with Crippen LogP contribution in [0.2, 0.25) is 0 Å². The lowest BCUT2D eigenvalue weighted by atomic mass is 9.91. The van der Waals surface area contributed by atoms with E-state index in [9.17, 15) is 14.4 Å². The fraction of sp³-hybridized carbons (Fsp3) is 0.462. The van der Waals surface area contributed by atoms with Gasteiger partial charge in [0, 0.05) is 56.7 Å². The number of rotatable bonds is 10. The SMILES string of the molecule is CCC(=O)C1CCN(Cc2ccc(C(=O)N(C)CC)cc2)CC1.CCN1CCC(OC(=O)Nc2ccccc2-c2ccccc2)CC1. The minimum absolute atomic E-state index is 0.0108. The highest BCUT2D eigenvalue weighted by atomic mass is 16.6. The van der Waals surface area contributed by atoms with E-state index in [1.807, 2.05) is 99.8 Å². The molecule has 0 spiro atoms. The van der Waals surface area contributed by atoms with Crippen molar-refractivity contribution in [3.8, 4) is 11.1 Å². The predicted octanol–water partition coefficient (Wildman–Crippen LogP) is 7.36. The lowest BCUT2D eigenvalue weighted by Crippen LogP contribution is -2.38. The van der Waals surface area contributed by atoms with E-state index < -0.39 is 0 Å². The summed E-state index contributed by atoms with van der Waals surface area (Å²) in [5.74, 6) is 0.742. The second-order valence-electron chi connectivity index (χ2n) is 12.5. The topological polar surface area (TPSA) is 82.2 Å². The van der Waals surface area contributed by atoms with Crippen molar-refractivity contribution in [2.75, 3.05) is 51.6 Å². The Morgan fingerprint density at radius 3 is 2.02 bits per heavy atom. The quantitative estimate of drug-likeness (QED) is 0.250. The molecule has 0 unspecified atom stereocenters. The van der Waals surface area contributed by atoms with Crippen LogP contribution in [0, 0.1) is 5.92 Å². The summed E-state index contributed by atoms with van der Waals surface area (Å²) in [5.41, 5.74) is 4.81. The number of ketones is 1. The van der Waals surface area contributed by atoms with Crippen LogP contribution in [0.15, 0.2) is 78.9 Å². The molecule has 8 nitrogen and oxygen atoms in total. The first-order chi connectivity index (χ1) is 22.8. The number of carbonyl (C=O) groups is 3. The smallest absolute Gasteiger partial charge is 0.411 e. The van der Waals surface area contributed by atoms with E-state index in [0.29, 0.717) is 18.7 Å². The number of para-hydroxylation sites is 1. The third-order valence-electron chi connectivity index (χ3n) is 9.32. The Hall–Kier alpha value is -4.01. The molecule has 2 amide bonds. The van der Waals surface area contributed by atoms with Gasteiger partial charge in [-0.15, -0.1) is 0 Å². The third kappa shape index (κ3) is 10.8. The Bertz CT molecular complexity index is 1410. The van der Waals surface area contributed by atoms with Crippen LogP contribution in [-0.2, 0) is 16.1 Å². The highest BCUT2D eigenvalue weighted by molar-refractivity contribution is 5.94. The van der Waals surface area contributed by atoms with Gasteiger partial charge in [0.2, 0.25) is 0 Å². The molecule has 0 bridgehead atoms. The van der Waals surface area contributed by atoms with Gasteiger partial charge < -0.3 is 14.5 Å². The number of carbonyl (C=O) groups excluding carboxylic acids is 3. The van der Waals surface area contributed by atoms with Crippen molar-refractivity contribution in [1.82, 2.24) is 14.7 Å². The first-order valence-electron chi connectivity index (χ1n) is 17.2. The number of nitrogens with one attached hydrogen (secondary N) is 1. The van der Waals surface area contributed by atoms with E-state index in [0.717, 1.165) is 87.3 Å². The van der Waals surface area contributed by atoms with Gasteiger partial charge in [0.1, 0.15) is 11.9 Å². The summed E-state index contributed by atoms with van der Waals surface area (Å²) in [7, 11) is 1.82. The van der Waals surface area contributed by atoms with Gasteiger partial charge in [-0.25, -0.2) is 4.79 Å². The van der Waals surface area contributed by atoms with E-state index in [1.54, 1.807) is 4.90 Å². The van der Waals surface area contributed by atoms with Gasteiger partial charge in [-0.3, -0.25) is 19.8 Å². The van der Waals surface area contributed by atoms with Crippen LogP contribution in [0.5, 0.6) is 0 Å². The molecule has 3 aromatic carbocycles. The number of anilines is 1. The van der Waals surface area contributed by atoms with Crippen LogP contribution in [0.4, 0.5) is 10.5 Å². The number of amides is 2. The Labute approximate surface area is 281 Å². The van der Waals surface area contributed by atoms with Gasteiger partial charge in [0.25, 0.3) is 5.91 Å². The molecule has 47 heavy (non-hydrogen) atoms. The lowest BCUT2D eigenvalue weighted by Gasteiger charge is -2.31. The maximum Gasteiger partial charge on any atom is 0.411 e. The molecule has 2 aliphatic heterocycles. The highest BCUT2D eigenvalue weighted by Gasteiger charge is 2.24. The average Bonchev–Trinajstić information content (AvgIpc) is 3.12. The van der Waals surface area contributed by atoms with Crippen molar-refractivity contribution >= 4 is 23.5 Å². The Balaban J connectivity index is 0.000000213. The summed E-state index contributed by atoms with van der Waals surface area (Å²) < 4.78 is 5.60. The number of nitrogens with zero attached hydrogens (tertiary/aromatic N) is 3. The van der Waals surface area contributed by atoms with E-state index in [2.05, 4.69) is 22.0 Å². The molecule has 8 heteroatoms. The first kappa shape index (κ1) is 35.8. The Morgan fingerprint density at radius 1 is 0.787 bits per heavy atom. The van der Waals surface area contributed by atoms with E-state index in [1.165, 1.54) is 5.56 Å². The average molecular weight is 641 g/mol. The molecule has 2 heterocycles. The fourth-order valence-electron chi connectivity index (χ4n) is 6.17. The van der Waals surface area contributed by atoms with Crippen molar-refractivity contribution in [3.63, 3.8) is 0 Å². The molecule has 5 rings (SSSR count). The maximum atomic E-state index is 12.3. The minimum atomic E-state index is -0.367. The number of Topliss-reactive ketones (excluding diaryl/α,β-unsaturated/α-hetero) is 1. The molecule has 2 saturated heterocycles. The normalized spacial score (nSPS) is 16.1. The zero-order valence-corrected chi connectivity index (χ0v) is 28.6. The van der Waals surface area contributed by atoms with Crippen molar-refractivity contribution in [3.05, 3.63) is 90.0 Å². The van der Waals surface area contributed by atoms with E-state index in [4.69, 9.17) is 4.74 Å². The van der Waals surface area contributed by atoms with Crippen LogP contribution in [-0.4, -0.2) is 84.9 Å². The Morgan fingerprint density at radius 2 is 1.40 bits per heavy atom.